The van der Waals surface area contributed by atoms with Gasteiger partial charge in [0.25, 0.3) is 5.91 Å². The van der Waals surface area contributed by atoms with Crippen molar-refractivity contribution in [1.82, 2.24) is 9.62 Å². The van der Waals surface area contributed by atoms with Gasteiger partial charge in [0.2, 0.25) is 10.0 Å². The molecule has 0 aliphatic carbocycles. The van der Waals surface area contributed by atoms with E-state index in [1.165, 1.54) is 28.6 Å². The summed E-state index contributed by atoms with van der Waals surface area (Å²) in [4.78, 5) is 24.1. The molecule has 0 aromatic heterocycles. The molecule has 0 saturated carbocycles. The van der Waals surface area contributed by atoms with Crippen LogP contribution in [-0.4, -0.2) is 62.5 Å². The van der Waals surface area contributed by atoms with Crippen LogP contribution in [0.15, 0.2) is 29.2 Å². The molecule has 1 aliphatic heterocycles. The van der Waals surface area contributed by atoms with Crippen molar-refractivity contribution in [2.75, 3.05) is 19.7 Å². The van der Waals surface area contributed by atoms with Gasteiger partial charge >= 0.3 is 5.97 Å². The number of carbonyl (C=O) groups excluding carboxylic acids is 2. The van der Waals surface area contributed by atoms with Crippen molar-refractivity contribution in [2.45, 2.75) is 57.8 Å². The first kappa shape index (κ1) is 23.3. The van der Waals surface area contributed by atoms with E-state index in [9.17, 15) is 18.0 Å². The minimum atomic E-state index is -3.68. The quantitative estimate of drug-likeness (QED) is 0.667. The van der Waals surface area contributed by atoms with Gasteiger partial charge in [0.1, 0.15) is 0 Å². The molecule has 29 heavy (non-hydrogen) atoms. The summed E-state index contributed by atoms with van der Waals surface area (Å²) in [5, 5.41) is 2.75. The number of esters is 1. The normalized spacial score (nSPS) is 21.6. The molecule has 3 atom stereocenters. The fraction of sp³-hybridized carbons (Fsp3) is 0.600. The molecule has 1 aliphatic rings. The van der Waals surface area contributed by atoms with Crippen molar-refractivity contribution in [3.63, 3.8) is 0 Å². The highest BCUT2D eigenvalue weighted by molar-refractivity contribution is 7.89. The van der Waals surface area contributed by atoms with E-state index in [-0.39, 0.29) is 60.2 Å². The minimum absolute atomic E-state index is 0.0312. The average molecular weight is 427 g/mol. The third kappa shape index (κ3) is 6.25. The Bertz CT molecular complexity index is 812. The van der Waals surface area contributed by atoms with Crippen molar-refractivity contribution in [3.05, 3.63) is 29.8 Å². The first-order valence-corrected chi connectivity index (χ1v) is 11.2. The lowest BCUT2D eigenvalue weighted by Gasteiger charge is -2.34. The monoisotopic (exact) mass is 426 g/mol. The molecule has 1 fully saturated rings. The lowest BCUT2D eigenvalue weighted by molar-refractivity contribution is -0.125. The summed E-state index contributed by atoms with van der Waals surface area (Å²) < 4.78 is 37.6. The molecule has 9 heteroatoms. The van der Waals surface area contributed by atoms with Gasteiger partial charge in [0, 0.05) is 19.1 Å². The Balaban J connectivity index is 1.98. The van der Waals surface area contributed by atoms with Crippen LogP contribution in [0.25, 0.3) is 0 Å². The molecular weight excluding hydrogens is 396 g/mol. The van der Waals surface area contributed by atoms with Crippen LogP contribution in [0.2, 0.25) is 0 Å². The Morgan fingerprint density at radius 2 is 1.69 bits per heavy atom. The Hall–Kier alpha value is -1.97. The van der Waals surface area contributed by atoms with E-state index in [1.54, 1.807) is 0 Å². The Morgan fingerprint density at radius 3 is 2.21 bits per heavy atom. The zero-order chi connectivity index (χ0) is 21.8. The Morgan fingerprint density at radius 1 is 1.14 bits per heavy atom. The molecule has 0 unspecified atom stereocenters. The topological polar surface area (TPSA) is 102 Å². The van der Waals surface area contributed by atoms with Gasteiger partial charge in [-0.3, -0.25) is 4.79 Å². The highest BCUT2D eigenvalue weighted by atomic mass is 32.2. The van der Waals surface area contributed by atoms with Gasteiger partial charge in [-0.1, -0.05) is 13.8 Å². The smallest absolute Gasteiger partial charge is 0.338 e. The van der Waals surface area contributed by atoms with Crippen LogP contribution >= 0.6 is 0 Å². The van der Waals surface area contributed by atoms with E-state index in [0.717, 1.165) is 0 Å². The van der Waals surface area contributed by atoms with Crippen molar-refractivity contribution in [3.8, 4) is 0 Å². The molecule has 0 radical (unpaired) electrons. The second-order valence-electron chi connectivity index (χ2n) is 7.78. The molecular formula is C20H30N2O6S. The van der Waals surface area contributed by atoms with Crippen LogP contribution in [0.3, 0.4) is 0 Å². The molecule has 1 N–H and O–H groups in total. The predicted octanol–water partition coefficient (Wildman–Crippen LogP) is 1.80. The number of hydrogen-bond acceptors (Lipinski definition) is 6. The van der Waals surface area contributed by atoms with Crippen molar-refractivity contribution in [1.29, 1.82) is 0 Å². The molecule has 1 aromatic carbocycles. The summed E-state index contributed by atoms with van der Waals surface area (Å²) in [5.74, 6) is -0.800. The van der Waals surface area contributed by atoms with Crippen LogP contribution in [0.5, 0.6) is 0 Å². The SMILES string of the molecule is CC(C)[C@@H](C)NC(=O)COC(=O)c1ccc(S(=O)(=O)N2C[C@@H](C)O[C@H](C)C2)cc1. The fourth-order valence-electron chi connectivity index (χ4n) is 2.92. The maximum absolute atomic E-state index is 12.8. The minimum Gasteiger partial charge on any atom is -0.452 e. The van der Waals surface area contributed by atoms with Gasteiger partial charge in [0.15, 0.2) is 6.61 Å². The number of hydrogen-bond donors (Lipinski definition) is 1. The van der Waals surface area contributed by atoms with Crippen LogP contribution in [-0.2, 0) is 24.3 Å². The van der Waals surface area contributed by atoms with E-state index in [0.29, 0.717) is 0 Å². The number of nitrogens with zero attached hydrogens (tertiary/aromatic N) is 1. The van der Waals surface area contributed by atoms with Crippen LogP contribution in [0, 0.1) is 5.92 Å². The van der Waals surface area contributed by atoms with E-state index >= 15 is 0 Å². The number of carbonyl (C=O) groups is 2. The first-order chi connectivity index (χ1) is 13.5. The maximum atomic E-state index is 12.8. The summed E-state index contributed by atoms with van der Waals surface area (Å²) in [6, 6.07) is 5.49. The molecule has 0 bridgehead atoms. The van der Waals surface area contributed by atoms with Crippen molar-refractivity contribution >= 4 is 21.9 Å². The number of ether oxygens (including phenoxy) is 2. The summed E-state index contributed by atoms with van der Waals surface area (Å²) in [7, 11) is -3.68. The van der Waals surface area contributed by atoms with Gasteiger partial charge in [-0.15, -0.1) is 0 Å². The largest absolute Gasteiger partial charge is 0.452 e. The summed E-state index contributed by atoms with van der Waals surface area (Å²) >= 11 is 0. The Labute approximate surface area is 172 Å². The molecule has 1 heterocycles. The molecule has 2 rings (SSSR count). The second-order valence-corrected chi connectivity index (χ2v) is 9.72. The highest BCUT2D eigenvalue weighted by Gasteiger charge is 2.32. The lowest BCUT2D eigenvalue weighted by atomic mass is 10.1. The average Bonchev–Trinajstić information content (AvgIpc) is 2.65. The van der Waals surface area contributed by atoms with Crippen LogP contribution < -0.4 is 5.32 Å². The third-order valence-electron chi connectivity index (χ3n) is 4.84. The van der Waals surface area contributed by atoms with Crippen molar-refractivity contribution < 1.29 is 27.5 Å². The summed E-state index contributed by atoms with van der Waals surface area (Å²) in [5.41, 5.74) is 0.178. The molecule has 1 aromatic rings. The van der Waals surface area contributed by atoms with E-state index in [1.807, 2.05) is 34.6 Å². The van der Waals surface area contributed by atoms with E-state index < -0.39 is 16.0 Å². The fourth-order valence-corrected chi connectivity index (χ4v) is 4.51. The number of amides is 1. The number of benzene rings is 1. The zero-order valence-electron chi connectivity index (χ0n) is 17.5. The Kier molecular flexibility index (Phi) is 7.79. The summed E-state index contributed by atoms with van der Waals surface area (Å²) in [6.45, 7) is 9.65. The molecule has 1 amide bonds. The molecule has 1 saturated heterocycles. The molecule has 8 nitrogen and oxygen atoms in total. The number of nitrogens with one attached hydrogen (secondary N) is 1. The molecule has 0 spiro atoms. The van der Waals surface area contributed by atoms with Crippen molar-refractivity contribution in [2.24, 2.45) is 5.92 Å². The maximum Gasteiger partial charge on any atom is 0.338 e. The third-order valence-corrected chi connectivity index (χ3v) is 6.68. The van der Waals surface area contributed by atoms with Crippen LogP contribution in [0.4, 0.5) is 0 Å². The van der Waals surface area contributed by atoms with E-state index in [4.69, 9.17) is 9.47 Å². The van der Waals surface area contributed by atoms with Gasteiger partial charge in [-0.05, 0) is 51.0 Å². The molecule has 162 valence electrons. The van der Waals surface area contributed by atoms with Gasteiger partial charge in [-0.25, -0.2) is 13.2 Å². The number of sulfonamides is 1. The number of rotatable bonds is 7. The van der Waals surface area contributed by atoms with Crippen LogP contribution in [0.1, 0.15) is 45.0 Å². The van der Waals surface area contributed by atoms with Gasteiger partial charge in [-0.2, -0.15) is 4.31 Å². The second kappa shape index (κ2) is 9.69. The number of morpholine rings is 1. The first-order valence-electron chi connectivity index (χ1n) is 9.73. The van der Waals surface area contributed by atoms with E-state index in [2.05, 4.69) is 5.32 Å². The predicted molar refractivity (Wildman–Crippen MR) is 108 cm³/mol. The van der Waals surface area contributed by atoms with Gasteiger partial charge in [0.05, 0.1) is 22.7 Å². The lowest BCUT2D eigenvalue weighted by Crippen LogP contribution is -2.48. The zero-order valence-corrected chi connectivity index (χ0v) is 18.4. The highest BCUT2D eigenvalue weighted by Crippen LogP contribution is 2.21. The van der Waals surface area contributed by atoms with Gasteiger partial charge < -0.3 is 14.8 Å². The summed E-state index contributed by atoms with van der Waals surface area (Å²) in [6.07, 6.45) is -0.375. The standard InChI is InChI=1S/C20H30N2O6S/c1-13(2)16(5)21-19(23)12-27-20(24)17-6-8-18(9-7-17)29(25,26)22-10-14(3)28-15(4)11-22/h6-9,13-16H,10-12H2,1-5H3,(H,21,23)/t14-,15-,16-/m1/s1.